The maximum absolute atomic E-state index is 9.28. The van der Waals surface area contributed by atoms with Crippen LogP contribution in [0.4, 0.5) is 0 Å². The van der Waals surface area contributed by atoms with Gasteiger partial charge < -0.3 is 10.2 Å². The quantitative estimate of drug-likeness (QED) is 0.910. The number of phenols is 2. The van der Waals surface area contributed by atoms with Gasteiger partial charge in [0, 0.05) is 12.4 Å². The topological polar surface area (TPSA) is 65.2 Å². The highest BCUT2D eigenvalue weighted by molar-refractivity contribution is 5.78. The van der Waals surface area contributed by atoms with E-state index in [2.05, 4.69) is 9.98 Å². The zero-order chi connectivity index (χ0) is 15.4. The zero-order valence-corrected chi connectivity index (χ0v) is 12.1. The molecule has 0 saturated carbocycles. The Kier molecular flexibility index (Phi) is 4.19. The van der Waals surface area contributed by atoms with E-state index in [0.717, 1.165) is 24.0 Å². The minimum atomic E-state index is 0.0561. The van der Waals surface area contributed by atoms with Crippen molar-refractivity contribution < 1.29 is 10.2 Å². The van der Waals surface area contributed by atoms with Crippen molar-refractivity contribution in [2.24, 2.45) is 9.98 Å². The normalized spacial score (nSPS) is 20.2. The monoisotopic (exact) mass is 294 g/mol. The summed E-state index contributed by atoms with van der Waals surface area (Å²) in [4.78, 5) is 9.11. The molecular weight excluding hydrogens is 276 g/mol. The summed E-state index contributed by atoms with van der Waals surface area (Å²) in [7, 11) is 0. The molecule has 2 aromatic carbocycles. The summed E-state index contributed by atoms with van der Waals surface area (Å²) in [5.41, 5.74) is 2.26. The summed E-state index contributed by atoms with van der Waals surface area (Å²) >= 11 is 0. The fraction of sp³-hybridized carbons (Fsp3) is 0.222. The van der Waals surface area contributed by atoms with Gasteiger partial charge in [-0.15, -0.1) is 0 Å². The van der Waals surface area contributed by atoms with Crippen LogP contribution in [-0.4, -0.2) is 34.7 Å². The van der Waals surface area contributed by atoms with Crippen molar-refractivity contribution in [3.05, 3.63) is 59.7 Å². The Morgan fingerprint density at radius 3 is 1.32 bits per heavy atom. The first-order valence-electron chi connectivity index (χ1n) is 7.31. The smallest absolute Gasteiger partial charge is 0.115 e. The number of nitrogens with zero attached hydrogens (tertiary/aromatic N) is 2. The van der Waals surface area contributed by atoms with Gasteiger partial charge in [0.05, 0.1) is 12.1 Å². The van der Waals surface area contributed by atoms with Gasteiger partial charge in [-0.05, 0) is 48.2 Å². The van der Waals surface area contributed by atoms with Gasteiger partial charge in [-0.25, -0.2) is 0 Å². The molecule has 22 heavy (non-hydrogen) atoms. The van der Waals surface area contributed by atoms with Crippen molar-refractivity contribution in [3.63, 3.8) is 0 Å². The van der Waals surface area contributed by atoms with Crippen LogP contribution < -0.4 is 0 Å². The van der Waals surface area contributed by atoms with E-state index in [9.17, 15) is 10.2 Å². The number of rotatable bonds is 4. The van der Waals surface area contributed by atoms with E-state index >= 15 is 0 Å². The van der Waals surface area contributed by atoms with Gasteiger partial charge in [0.2, 0.25) is 0 Å². The molecule has 0 bridgehead atoms. The highest BCUT2D eigenvalue weighted by Gasteiger charge is 2.13. The summed E-state index contributed by atoms with van der Waals surface area (Å²) in [6.45, 7) is 0. The summed E-state index contributed by atoms with van der Waals surface area (Å²) < 4.78 is 0. The van der Waals surface area contributed by atoms with E-state index in [4.69, 9.17) is 0 Å². The highest BCUT2D eigenvalue weighted by Crippen LogP contribution is 2.15. The molecule has 1 heterocycles. The van der Waals surface area contributed by atoms with Gasteiger partial charge in [0.15, 0.2) is 0 Å². The van der Waals surface area contributed by atoms with Crippen molar-refractivity contribution in [2.75, 3.05) is 0 Å². The molecule has 4 nitrogen and oxygen atoms in total. The second-order valence-electron chi connectivity index (χ2n) is 5.47. The summed E-state index contributed by atoms with van der Waals surface area (Å²) in [5, 5.41) is 18.6. The fourth-order valence-corrected chi connectivity index (χ4v) is 2.45. The fourth-order valence-electron chi connectivity index (χ4n) is 2.45. The molecule has 112 valence electrons. The van der Waals surface area contributed by atoms with Crippen LogP contribution in [0, 0.1) is 0 Å². The third-order valence-corrected chi connectivity index (χ3v) is 3.66. The second kappa shape index (κ2) is 6.43. The Morgan fingerprint density at radius 2 is 1.00 bits per heavy atom. The molecule has 0 spiro atoms. The SMILES string of the molecule is Oc1ccc(C[C@H]2C=N[C@@H](Cc3ccc(O)cc3)C=N2)cc1. The molecule has 1 aliphatic rings. The molecule has 3 rings (SSSR count). The lowest BCUT2D eigenvalue weighted by atomic mass is 10.0. The van der Waals surface area contributed by atoms with Crippen molar-refractivity contribution in [3.8, 4) is 11.5 Å². The first-order chi connectivity index (χ1) is 10.7. The van der Waals surface area contributed by atoms with Crippen LogP contribution >= 0.6 is 0 Å². The van der Waals surface area contributed by atoms with Gasteiger partial charge in [-0.3, -0.25) is 9.98 Å². The van der Waals surface area contributed by atoms with Gasteiger partial charge in [-0.2, -0.15) is 0 Å². The minimum Gasteiger partial charge on any atom is -0.508 e. The average molecular weight is 294 g/mol. The number of hydrogen-bond donors (Lipinski definition) is 2. The number of benzene rings is 2. The van der Waals surface area contributed by atoms with E-state index < -0.39 is 0 Å². The van der Waals surface area contributed by atoms with E-state index in [1.54, 1.807) is 24.3 Å². The zero-order valence-electron chi connectivity index (χ0n) is 12.1. The first kappa shape index (κ1) is 14.3. The van der Waals surface area contributed by atoms with Crippen molar-refractivity contribution in [1.29, 1.82) is 0 Å². The van der Waals surface area contributed by atoms with Crippen LogP contribution in [0.15, 0.2) is 58.5 Å². The number of hydrogen-bond acceptors (Lipinski definition) is 4. The average Bonchev–Trinajstić information content (AvgIpc) is 2.54. The van der Waals surface area contributed by atoms with Crippen LogP contribution in [0.1, 0.15) is 11.1 Å². The summed E-state index contributed by atoms with van der Waals surface area (Å²) in [6, 6.07) is 14.5. The first-order valence-corrected chi connectivity index (χ1v) is 7.31. The van der Waals surface area contributed by atoms with Crippen LogP contribution in [0.5, 0.6) is 11.5 Å². The Hall–Kier alpha value is -2.62. The summed E-state index contributed by atoms with van der Waals surface area (Å²) in [5.74, 6) is 0.553. The predicted molar refractivity (Wildman–Crippen MR) is 88.2 cm³/mol. The van der Waals surface area contributed by atoms with Crippen LogP contribution in [-0.2, 0) is 12.8 Å². The molecule has 2 atom stereocenters. The molecule has 2 aromatic rings. The van der Waals surface area contributed by atoms with E-state index in [0.29, 0.717) is 0 Å². The standard InChI is InChI=1S/C18H18N2O2/c21-17-5-1-13(2-6-17)9-15-11-20-16(12-19-15)10-14-3-7-18(22)8-4-14/h1-8,11-12,15-16,21-22H,9-10H2/t15-,16-/m0/s1. The Bertz CT molecular complexity index is 602. The predicted octanol–water partition coefficient (Wildman–Crippen LogP) is 2.78. The maximum Gasteiger partial charge on any atom is 0.115 e. The largest absolute Gasteiger partial charge is 0.508 e. The van der Waals surface area contributed by atoms with E-state index in [-0.39, 0.29) is 23.6 Å². The van der Waals surface area contributed by atoms with Crippen LogP contribution in [0.3, 0.4) is 0 Å². The molecule has 4 heteroatoms. The maximum atomic E-state index is 9.28. The number of aromatic hydroxyl groups is 2. The third-order valence-electron chi connectivity index (χ3n) is 3.66. The lowest BCUT2D eigenvalue weighted by molar-refractivity contribution is 0.474. The molecule has 0 aromatic heterocycles. The Balaban J connectivity index is 1.56. The van der Waals surface area contributed by atoms with Crippen LogP contribution in [0.25, 0.3) is 0 Å². The molecule has 0 radical (unpaired) electrons. The minimum absolute atomic E-state index is 0.0561. The van der Waals surface area contributed by atoms with Crippen molar-refractivity contribution >= 4 is 12.4 Å². The molecule has 0 saturated heterocycles. The van der Waals surface area contributed by atoms with Crippen molar-refractivity contribution in [2.45, 2.75) is 24.9 Å². The van der Waals surface area contributed by atoms with Crippen LogP contribution in [0.2, 0.25) is 0 Å². The molecule has 0 unspecified atom stereocenters. The van der Waals surface area contributed by atoms with Gasteiger partial charge in [0.25, 0.3) is 0 Å². The molecular formula is C18H18N2O2. The van der Waals surface area contributed by atoms with Gasteiger partial charge in [-0.1, -0.05) is 24.3 Å². The number of phenolic OH excluding ortho intramolecular Hbond substituents is 2. The van der Waals surface area contributed by atoms with Gasteiger partial charge >= 0.3 is 0 Å². The van der Waals surface area contributed by atoms with Crippen molar-refractivity contribution in [1.82, 2.24) is 0 Å². The molecule has 0 fully saturated rings. The number of aliphatic imine (C=N–C) groups is 2. The lowest BCUT2D eigenvalue weighted by Crippen LogP contribution is -2.22. The van der Waals surface area contributed by atoms with E-state index in [1.165, 1.54) is 0 Å². The highest BCUT2D eigenvalue weighted by atomic mass is 16.3. The third kappa shape index (κ3) is 3.73. The Labute approximate surface area is 129 Å². The molecule has 2 N–H and O–H groups in total. The lowest BCUT2D eigenvalue weighted by Gasteiger charge is -2.16. The molecule has 0 amide bonds. The van der Waals surface area contributed by atoms with Gasteiger partial charge in [0.1, 0.15) is 11.5 Å². The summed E-state index contributed by atoms with van der Waals surface area (Å²) in [6.07, 6.45) is 5.37. The second-order valence-corrected chi connectivity index (χ2v) is 5.47. The molecule has 1 aliphatic heterocycles. The Morgan fingerprint density at radius 1 is 0.636 bits per heavy atom. The van der Waals surface area contributed by atoms with E-state index in [1.807, 2.05) is 36.7 Å². The molecule has 0 aliphatic carbocycles.